The van der Waals surface area contributed by atoms with Crippen LogP contribution in [-0.2, 0) is 20.9 Å². The van der Waals surface area contributed by atoms with E-state index in [9.17, 15) is 4.79 Å². The van der Waals surface area contributed by atoms with Crippen LogP contribution in [0.4, 0.5) is 0 Å². The van der Waals surface area contributed by atoms with Gasteiger partial charge in [0.05, 0.1) is 25.4 Å². The number of esters is 1. The third-order valence-electron chi connectivity index (χ3n) is 5.21. The Morgan fingerprint density at radius 1 is 1.25 bits per heavy atom. The van der Waals surface area contributed by atoms with Crippen LogP contribution >= 0.6 is 0 Å². The van der Waals surface area contributed by atoms with E-state index in [4.69, 9.17) is 9.47 Å². The molecule has 2 aliphatic heterocycles. The summed E-state index contributed by atoms with van der Waals surface area (Å²) in [5.74, 6) is 0.346. The standard InChI is InChI=1S/C20H27NO3/c1-3-24-20(22)19-12-21-11-17(15(19)2)9-10-18(21)14-23-13-16-7-5-4-6-8-16/h4-8,17-18H,3,9-14H2,1-2H3. The normalized spacial score (nSPS) is 26.3. The molecule has 2 bridgehead atoms. The lowest BCUT2D eigenvalue weighted by molar-refractivity contribution is -0.139. The van der Waals surface area contributed by atoms with Gasteiger partial charge < -0.3 is 9.47 Å². The van der Waals surface area contributed by atoms with E-state index in [1.165, 1.54) is 11.1 Å². The van der Waals surface area contributed by atoms with Gasteiger partial charge in [0.25, 0.3) is 0 Å². The maximum absolute atomic E-state index is 12.2. The molecule has 1 aromatic carbocycles. The second kappa shape index (κ2) is 7.95. The van der Waals surface area contributed by atoms with E-state index in [2.05, 4.69) is 24.0 Å². The molecule has 0 aliphatic carbocycles. The minimum atomic E-state index is -0.143. The van der Waals surface area contributed by atoms with Gasteiger partial charge in [-0.05, 0) is 38.2 Å². The summed E-state index contributed by atoms with van der Waals surface area (Å²) in [7, 11) is 0. The number of piperidine rings is 1. The molecule has 1 aromatic rings. The zero-order chi connectivity index (χ0) is 16.9. The number of carbonyl (C=O) groups excluding carboxylic acids is 1. The van der Waals surface area contributed by atoms with Crippen molar-refractivity contribution in [2.45, 2.75) is 39.3 Å². The Balaban J connectivity index is 1.58. The van der Waals surface area contributed by atoms with E-state index in [0.29, 0.717) is 31.7 Å². The molecule has 4 nitrogen and oxygen atoms in total. The fourth-order valence-corrected chi connectivity index (χ4v) is 3.74. The lowest BCUT2D eigenvalue weighted by atomic mass is 9.81. The zero-order valence-corrected chi connectivity index (χ0v) is 14.7. The van der Waals surface area contributed by atoms with Crippen molar-refractivity contribution in [1.82, 2.24) is 4.90 Å². The Bertz CT molecular complexity index is 596. The van der Waals surface area contributed by atoms with Crippen molar-refractivity contribution in [1.29, 1.82) is 0 Å². The van der Waals surface area contributed by atoms with Crippen molar-refractivity contribution in [2.24, 2.45) is 5.92 Å². The first kappa shape index (κ1) is 17.2. The molecule has 130 valence electrons. The molecule has 0 aromatic heterocycles. The van der Waals surface area contributed by atoms with Crippen LogP contribution < -0.4 is 0 Å². The topological polar surface area (TPSA) is 38.8 Å². The van der Waals surface area contributed by atoms with Gasteiger partial charge in [-0.3, -0.25) is 4.90 Å². The van der Waals surface area contributed by atoms with Crippen molar-refractivity contribution in [3.63, 3.8) is 0 Å². The van der Waals surface area contributed by atoms with E-state index < -0.39 is 0 Å². The first-order valence-electron chi connectivity index (χ1n) is 8.91. The predicted molar refractivity (Wildman–Crippen MR) is 93.5 cm³/mol. The Morgan fingerprint density at radius 3 is 2.79 bits per heavy atom. The smallest absolute Gasteiger partial charge is 0.335 e. The van der Waals surface area contributed by atoms with Crippen LogP contribution in [0, 0.1) is 5.92 Å². The van der Waals surface area contributed by atoms with Gasteiger partial charge in [-0.25, -0.2) is 4.79 Å². The highest BCUT2D eigenvalue weighted by atomic mass is 16.5. The van der Waals surface area contributed by atoms with E-state index >= 15 is 0 Å². The lowest BCUT2D eigenvalue weighted by Crippen LogP contribution is -2.50. The number of hydrogen-bond acceptors (Lipinski definition) is 4. The van der Waals surface area contributed by atoms with Crippen molar-refractivity contribution in [3.8, 4) is 0 Å². The van der Waals surface area contributed by atoms with Gasteiger partial charge >= 0.3 is 5.97 Å². The molecule has 2 aliphatic rings. The predicted octanol–water partition coefficient (Wildman–Crippen LogP) is 3.18. The number of carbonyl (C=O) groups is 1. The number of fused-ring (bicyclic) bond motifs is 2. The molecule has 3 unspecified atom stereocenters. The Kier molecular flexibility index (Phi) is 5.69. The fraction of sp³-hybridized carbons (Fsp3) is 0.550. The Morgan fingerprint density at radius 2 is 2.04 bits per heavy atom. The first-order chi connectivity index (χ1) is 11.7. The van der Waals surface area contributed by atoms with Gasteiger partial charge in [-0.1, -0.05) is 35.9 Å². The van der Waals surface area contributed by atoms with Crippen molar-refractivity contribution in [3.05, 3.63) is 47.0 Å². The average molecular weight is 329 g/mol. The van der Waals surface area contributed by atoms with Gasteiger partial charge in [-0.15, -0.1) is 0 Å². The lowest BCUT2D eigenvalue weighted by Gasteiger charge is -2.44. The Hall–Kier alpha value is -1.65. The minimum absolute atomic E-state index is 0.143. The van der Waals surface area contributed by atoms with Crippen LogP contribution in [-0.4, -0.2) is 43.2 Å². The van der Waals surface area contributed by atoms with Gasteiger partial charge in [0, 0.05) is 19.1 Å². The molecule has 0 radical (unpaired) electrons. The molecule has 0 spiro atoms. The fourth-order valence-electron chi connectivity index (χ4n) is 3.74. The van der Waals surface area contributed by atoms with Crippen molar-refractivity contribution in [2.75, 3.05) is 26.3 Å². The van der Waals surface area contributed by atoms with Gasteiger partial charge in [0.2, 0.25) is 0 Å². The van der Waals surface area contributed by atoms with Crippen LogP contribution in [0.25, 0.3) is 0 Å². The monoisotopic (exact) mass is 329 g/mol. The maximum Gasteiger partial charge on any atom is 0.335 e. The summed E-state index contributed by atoms with van der Waals surface area (Å²) in [6.45, 7) is 7.49. The highest BCUT2D eigenvalue weighted by Gasteiger charge is 2.36. The van der Waals surface area contributed by atoms with Crippen LogP contribution in [0.2, 0.25) is 0 Å². The van der Waals surface area contributed by atoms with E-state index in [1.807, 2.05) is 25.1 Å². The molecule has 0 amide bonds. The van der Waals surface area contributed by atoms with E-state index in [0.717, 1.165) is 31.6 Å². The summed E-state index contributed by atoms with van der Waals surface area (Å²) in [5, 5.41) is 0. The number of ether oxygens (including phenoxy) is 2. The number of rotatable bonds is 6. The van der Waals surface area contributed by atoms with Crippen molar-refractivity contribution < 1.29 is 14.3 Å². The first-order valence-corrected chi connectivity index (χ1v) is 8.91. The second-order valence-corrected chi connectivity index (χ2v) is 6.74. The molecule has 0 N–H and O–H groups in total. The third-order valence-corrected chi connectivity index (χ3v) is 5.21. The average Bonchev–Trinajstić information content (AvgIpc) is 2.60. The zero-order valence-electron chi connectivity index (χ0n) is 14.7. The summed E-state index contributed by atoms with van der Waals surface area (Å²) < 4.78 is 11.2. The highest BCUT2D eigenvalue weighted by molar-refractivity contribution is 5.90. The number of hydrogen-bond donors (Lipinski definition) is 0. The molecule has 1 fully saturated rings. The quantitative estimate of drug-likeness (QED) is 0.752. The maximum atomic E-state index is 12.2. The van der Waals surface area contributed by atoms with Crippen LogP contribution in [0.15, 0.2) is 41.5 Å². The van der Waals surface area contributed by atoms with Gasteiger partial charge in [-0.2, -0.15) is 0 Å². The number of benzene rings is 1. The molecule has 2 heterocycles. The molecular formula is C20H27NO3. The summed E-state index contributed by atoms with van der Waals surface area (Å²) in [4.78, 5) is 14.6. The number of nitrogens with zero attached hydrogens (tertiary/aromatic N) is 1. The SMILES string of the molecule is CCOC(=O)C1=C(C)C2CCC(COCc3ccccc3)N(C1)C2. The highest BCUT2D eigenvalue weighted by Crippen LogP contribution is 2.34. The third kappa shape index (κ3) is 3.87. The molecular weight excluding hydrogens is 302 g/mol. The Labute approximate surface area is 144 Å². The molecule has 1 saturated heterocycles. The molecule has 0 saturated carbocycles. The van der Waals surface area contributed by atoms with Gasteiger partial charge in [0.15, 0.2) is 0 Å². The van der Waals surface area contributed by atoms with Crippen LogP contribution in [0.1, 0.15) is 32.3 Å². The largest absolute Gasteiger partial charge is 0.463 e. The minimum Gasteiger partial charge on any atom is -0.463 e. The van der Waals surface area contributed by atoms with Crippen LogP contribution in [0.3, 0.4) is 0 Å². The molecule has 3 atom stereocenters. The van der Waals surface area contributed by atoms with Gasteiger partial charge in [0.1, 0.15) is 0 Å². The summed E-state index contributed by atoms with van der Waals surface area (Å²) in [5.41, 5.74) is 3.29. The summed E-state index contributed by atoms with van der Waals surface area (Å²) in [6.07, 6.45) is 2.26. The summed E-state index contributed by atoms with van der Waals surface area (Å²) in [6, 6.07) is 10.7. The van der Waals surface area contributed by atoms with E-state index in [-0.39, 0.29) is 5.97 Å². The molecule has 4 heteroatoms. The molecule has 24 heavy (non-hydrogen) atoms. The van der Waals surface area contributed by atoms with Crippen LogP contribution in [0.5, 0.6) is 0 Å². The molecule has 3 rings (SSSR count). The second-order valence-electron chi connectivity index (χ2n) is 6.74. The van der Waals surface area contributed by atoms with Crippen molar-refractivity contribution >= 4 is 5.97 Å². The van der Waals surface area contributed by atoms with E-state index in [1.54, 1.807) is 0 Å². The summed E-state index contributed by atoms with van der Waals surface area (Å²) >= 11 is 0.